The second-order valence-corrected chi connectivity index (χ2v) is 4.86. The summed E-state index contributed by atoms with van der Waals surface area (Å²) in [6, 6.07) is 3.07. The van der Waals surface area contributed by atoms with Gasteiger partial charge in [-0.2, -0.15) is 5.26 Å². The van der Waals surface area contributed by atoms with Crippen molar-refractivity contribution in [3.63, 3.8) is 0 Å². The van der Waals surface area contributed by atoms with Crippen LogP contribution in [0.4, 0.5) is 4.39 Å². The molecule has 0 saturated heterocycles. The summed E-state index contributed by atoms with van der Waals surface area (Å²) >= 11 is 1.32. The van der Waals surface area contributed by atoms with Crippen LogP contribution in [0.15, 0.2) is 17.6 Å². The fraction of sp³-hybridized carbons (Fsp3) is 0.231. The monoisotopic (exact) mass is 276 g/mol. The van der Waals surface area contributed by atoms with E-state index in [1.165, 1.54) is 17.4 Å². The predicted octanol–water partition coefficient (Wildman–Crippen LogP) is 3.27. The summed E-state index contributed by atoms with van der Waals surface area (Å²) in [5.41, 5.74) is 0.681. The number of fused-ring (bicyclic) bond motifs is 1. The molecular weight excluding hydrogens is 267 g/mol. The normalized spacial score (nSPS) is 13.3. The Balaban J connectivity index is 2.10. The maximum absolute atomic E-state index is 13.9. The molecule has 0 amide bonds. The molecule has 2 aromatic rings. The lowest BCUT2D eigenvalue weighted by Gasteiger charge is -2.21. The van der Waals surface area contributed by atoms with Crippen LogP contribution >= 0.6 is 11.3 Å². The Bertz CT molecular complexity index is 650. The molecule has 1 aliphatic heterocycles. The number of nitriles is 1. The van der Waals surface area contributed by atoms with Crippen LogP contribution in [-0.4, -0.2) is 11.6 Å². The smallest absolute Gasteiger partial charge is 0.278 e. The minimum absolute atomic E-state index is 0.0545. The van der Waals surface area contributed by atoms with Crippen LogP contribution in [0.3, 0.4) is 0 Å². The summed E-state index contributed by atoms with van der Waals surface area (Å²) in [5, 5.41) is 11.2. The van der Waals surface area contributed by atoms with E-state index in [0.717, 1.165) is 12.0 Å². The fourth-order valence-electron chi connectivity index (χ4n) is 2.01. The molecule has 0 bridgehead atoms. The molecule has 1 aromatic heterocycles. The van der Waals surface area contributed by atoms with Crippen molar-refractivity contribution >= 4 is 11.3 Å². The van der Waals surface area contributed by atoms with Gasteiger partial charge in [-0.05, 0) is 12.8 Å². The van der Waals surface area contributed by atoms with Crippen molar-refractivity contribution < 1.29 is 13.9 Å². The van der Waals surface area contributed by atoms with Crippen LogP contribution in [0.1, 0.15) is 17.5 Å². The van der Waals surface area contributed by atoms with Crippen molar-refractivity contribution in [3.05, 3.63) is 34.6 Å². The Morgan fingerprint density at radius 3 is 3.16 bits per heavy atom. The van der Waals surface area contributed by atoms with E-state index in [4.69, 9.17) is 14.7 Å². The van der Waals surface area contributed by atoms with Gasteiger partial charge in [-0.25, -0.2) is 9.37 Å². The Morgan fingerprint density at radius 2 is 2.42 bits per heavy atom. The Morgan fingerprint density at radius 1 is 1.53 bits per heavy atom. The summed E-state index contributed by atoms with van der Waals surface area (Å²) in [7, 11) is 0. The van der Waals surface area contributed by atoms with Crippen LogP contribution in [0.25, 0.3) is 0 Å². The number of aromatic nitrogens is 1. The van der Waals surface area contributed by atoms with Crippen LogP contribution in [-0.2, 0) is 6.42 Å². The van der Waals surface area contributed by atoms with Gasteiger partial charge in [-0.3, -0.25) is 0 Å². The van der Waals surface area contributed by atoms with Gasteiger partial charge in [0.05, 0.1) is 6.61 Å². The van der Waals surface area contributed by atoms with Crippen LogP contribution in [0.2, 0.25) is 0 Å². The van der Waals surface area contributed by atoms with E-state index >= 15 is 0 Å². The Hall–Kier alpha value is -2.13. The van der Waals surface area contributed by atoms with E-state index in [1.54, 1.807) is 11.6 Å². The molecule has 0 fully saturated rings. The first kappa shape index (κ1) is 11.9. The third-order valence-electron chi connectivity index (χ3n) is 2.83. The second kappa shape index (κ2) is 4.86. The summed E-state index contributed by atoms with van der Waals surface area (Å²) in [5.74, 6) is 0.0520. The van der Waals surface area contributed by atoms with Crippen molar-refractivity contribution in [2.45, 2.75) is 12.8 Å². The first-order valence-corrected chi connectivity index (χ1v) is 6.63. The van der Waals surface area contributed by atoms with Gasteiger partial charge in [0.1, 0.15) is 28.9 Å². The lowest BCUT2D eigenvalue weighted by atomic mass is 10.0. The average Bonchev–Trinajstić information content (AvgIpc) is 2.92. The maximum atomic E-state index is 13.9. The number of benzene rings is 1. The van der Waals surface area contributed by atoms with E-state index in [2.05, 4.69) is 4.98 Å². The van der Waals surface area contributed by atoms with Crippen molar-refractivity contribution in [2.75, 3.05) is 6.61 Å². The highest BCUT2D eigenvalue weighted by molar-refractivity contribution is 7.11. The lowest BCUT2D eigenvalue weighted by Crippen LogP contribution is -2.12. The number of hydrogen-bond donors (Lipinski definition) is 0. The van der Waals surface area contributed by atoms with Gasteiger partial charge >= 0.3 is 0 Å². The molecule has 0 atom stereocenters. The number of thiazole rings is 1. The van der Waals surface area contributed by atoms with Crippen molar-refractivity contribution in [1.29, 1.82) is 5.26 Å². The molecule has 96 valence electrons. The van der Waals surface area contributed by atoms with Gasteiger partial charge in [-0.1, -0.05) is 11.3 Å². The molecule has 2 heterocycles. The molecule has 6 heteroatoms. The van der Waals surface area contributed by atoms with Crippen LogP contribution in [0.5, 0.6) is 16.7 Å². The third kappa shape index (κ3) is 2.13. The summed E-state index contributed by atoms with van der Waals surface area (Å²) < 4.78 is 24.9. The Kier molecular flexibility index (Phi) is 3.05. The van der Waals surface area contributed by atoms with Crippen molar-refractivity contribution in [1.82, 2.24) is 4.98 Å². The quantitative estimate of drug-likeness (QED) is 0.844. The molecule has 0 saturated carbocycles. The highest BCUT2D eigenvalue weighted by Gasteiger charge is 2.24. The maximum Gasteiger partial charge on any atom is 0.278 e. The lowest BCUT2D eigenvalue weighted by molar-refractivity contribution is 0.281. The van der Waals surface area contributed by atoms with E-state index in [-0.39, 0.29) is 5.56 Å². The summed E-state index contributed by atoms with van der Waals surface area (Å²) in [6.07, 6.45) is 3.13. The van der Waals surface area contributed by atoms with E-state index in [1.807, 2.05) is 6.07 Å². The van der Waals surface area contributed by atoms with E-state index in [0.29, 0.717) is 29.7 Å². The zero-order valence-corrected chi connectivity index (χ0v) is 10.7. The molecule has 0 spiro atoms. The highest BCUT2D eigenvalue weighted by atomic mass is 32.1. The zero-order chi connectivity index (χ0) is 13.2. The van der Waals surface area contributed by atoms with Gasteiger partial charge in [0.25, 0.3) is 5.19 Å². The minimum atomic E-state index is -0.630. The minimum Gasteiger partial charge on any atom is -0.492 e. The molecule has 1 aliphatic rings. The van der Waals surface area contributed by atoms with Gasteiger partial charge in [0.2, 0.25) is 0 Å². The zero-order valence-electron chi connectivity index (χ0n) is 9.85. The number of rotatable bonds is 2. The molecule has 0 aliphatic carbocycles. The van der Waals surface area contributed by atoms with Gasteiger partial charge < -0.3 is 9.47 Å². The molecule has 0 radical (unpaired) electrons. The number of halogens is 1. The number of ether oxygens (including phenoxy) is 2. The summed E-state index contributed by atoms with van der Waals surface area (Å²) in [4.78, 5) is 4.00. The van der Waals surface area contributed by atoms with Gasteiger partial charge in [0.15, 0.2) is 0 Å². The Labute approximate surface area is 113 Å². The first-order chi connectivity index (χ1) is 9.29. The molecule has 1 aromatic carbocycles. The number of nitrogens with zero attached hydrogens (tertiary/aromatic N) is 2. The molecule has 3 rings (SSSR count). The highest BCUT2D eigenvalue weighted by Crippen LogP contribution is 2.39. The number of hydrogen-bond acceptors (Lipinski definition) is 5. The second-order valence-electron chi connectivity index (χ2n) is 4.00. The largest absolute Gasteiger partial charge is 0.492 e. The van der Waals surface area contributed by atoms with Crippen molar-refractivity contribution in [3.8, 4) is 22.8 Å². The third-order valence-corrected chi connectivity index (χ3v) is 3.48. The van der Waals surface area contributed by atoms with E-state index in [9.17, 15) is 4.39 Å². The summed E-state index contributed by atoms with van der Waals surface area (Å²) in [6.45, 7) is 0.488. The first-order valence-electron chi connectivity index (χ1n) is 5.75. The molecular formula is C13H9FN2O2S. The van der Waals surface area contributed by atoms with Crippen molar-refractivity contribution in [2.24, 2.45) is 0 Å². The van der Waals surface area contributed by atoms with Gasteiger partial charge in [-0.15, -0.1) is 0 Å². The molecule has 0 unspecified atom stereocenters. The standard InChI is InChI=1S/C13H9FN2O2S/c14-10-6-11(18-13-16-3-5-19-13)8-2-1-4-17-12(8)9(10)7-15/h3,5-6H,1-2,4H2. The molecule has 4 nitrogen and oxygen atoms in total. The fourth-order valence-corrected chi connectivity index (χ4v) is 2.51. The topological polar surface area (TPSA) is 55.1 Å². The SMILES string of the molecule is N#Cc1c(F)cc(Oc2nccs2)c2c1OCCC2. The molecule has 0 N–H and O–H groups in total. The van der Waals surface area contributed by atoms with Crippen LogP contribution < -0.4 is 9.47 Å². The molecule has 19 heavy (non-hydrogen) atoms. The van der Waals surface area contributed by atoms with E-state index < -0.39 is 5.82 Å². The van der Waals surface area contributed by atoms with Gasteiger partial charge in [0, 0.05) is 23.2 Å². The average molecular weight is 276 g/mol. The van der Waals surface area contributed by atoms with Crippen LogP contribution in [0, 0.1) is 17.1 Å². The predicted molar refractivity (Wildman–Crippen MR) is 67.1 cm³/mol.